The van der Waals surface area contributed by atoms with E-state index in [4.69, 9.17) is 16.3 Å². The van der Waals surface area contributed by atoms with E-state index < -0.39 is 10.0 Å². The van der Waals surface area contributed by atoms with Crippen LogP contribution in [0.2, 0.25) is 5.02 Å². The molecule has 3 aromatic rings. The van der Waals surface area contributed by atoms with Gasteiger partial charge in [0.1, 0.15) is 5.75 Å². The highest BCUT2D eigenvalue weighted by Crippen LogP contribution is 2.32. The normalized spacial score (nSPS) is 17.2. The Bertz CT molecular complexity index is 1170. The lowest BCUT2D eigenvalue weighted by Crippen LogP contribution is -2.40. The van der Waals surface area contributed by atoms with E-state index in [1.165, 1.54) is 10.5 Å². The Morgan fingerprint density at radius 1 is 1.17 bits per heavy atom. The molecule has 1 amide bonds. The molecule has 0 unspecified atom stereocenters. The number of sulfonamides is 1. The van der Waals surface area contributed by atoms with Gasteiger partial charge in [-0.2, -0.15) is 4.31 Å². The zero-order valence-corrected chi connectivity index (χ0v) is 17.6. The predicted octanol–water partition coefficient (Wildman–Crippen LogP) is 2.85. The van der Waals surface area contributed by atoms with E-state index in [1.807, 2.05) is 18.2 Å². The van der Waals surface area contributed by atoms with Gasteiger partial charge in [0.25, 0.3) is 5.91 Å². The number of carbonyl (C=O) groups excluding carboxylic acids is 1. The molecule has 0 spiro atoms. The van der Waals surface area contributed by atoms with Crippen LogP contribution in [0.3, 0.4) is 0 Å². The lowest BCUT2D eigenvalue weighted by molar-refractivity contribution is -0.123. The molecule has 1 saturated heterocycles. The molecule has 30 heavy (non-hydrogen) atoms. The number of pyridine rings is 1. The molecular formula is C21H20ClN3O4S. The molecule has 1 aliphatic heterocycles. The summed E-state index contributed by atoms with van der Waals surface area (Å²) in [4.78, 5) is 16.4. The highest BCUT2D eigenvalue weighted by atomic mass is 35.5. The summed E-state index contributed by atoms with van der Waals surface area (Å²) in [6, 6.07) is 13.7. The van der Waals surface area contributed by atoms with Crippen molar-refractivity contribution in [3.8, 4) is 5.75 Å². The number of nitrogens with one attached hydrogen (secondary N) is 1. The van der Waals surface area contributed by atoms with Crippen molar-refractivity contribution < 1.29 is 17.9 Å². The summed E-state index contributed by atoms with van der Waals surface area (Å²) in [5.74, 6) is 0.313. The van der Waals surface area contributed by atoms with Crippen molar-refractivity contribution in [1.82, 2.24) is 14.6 Å². The van der Waals surface area contributed by atoms with Crippen molar-refractivity contribution in [2.24, 2.45) is 0 Å². The molecule has 1 atom stereocenters. The number of aromatic nitrogens is 1. The maximum Gasteiger partial charge on any atom is 0.258 e. The van der Waals surface area contributed by atoms with E-state index in [0.29, 0.717) is 29.5 Å². The molecule has 0 aliphatic carbocycles. The third-order valence-electron chi connectivity index (χ3n) is 4.95. The monoisotopic (exact) mass is 445 g/mol. The van der Waals surface area contributed by atoms with Gasteiger partial charge in [-0.3, -0.25) is 9.78 Å². The van der Waals surface area contributed by atoms with Crippen LogP contribution in [-0.4, -0.2) is 49.4 Å². The quantitative estimate of drug-likeness (QED) is 0.630. The second kappa shape index (κ2) is 8.59. The van der Waals surface area contributed by atoms with E-state index in [2.05, 4.69) is 10.3 Å². The Labute approximate surface area is 179 Å². The topological polar surface area (TPSA) is 88.6 Å². The van der Waals surface area contributed by atoms with Gasteiger partial charge >= 0.3 is 0 Å². The first kappa shape index (κ1) is 20.6. The van der Waals surface area contributed by atoms with Gasteiger partial charge in [0.15, 0.2) is 6.61 Å². The van der Waals surface area contributed by atoms with Crippen molar-refractivity contribution in [1.29, 1.82) is 0 Å². The Hall–Kier alpha value is -2.68. The Morgan fingerprint density at radius 3 is 2.77 bits per heavy atom. The molecular weight excluding hydrogens is 426 g/mol. The van der Waals surface area contributed by atoms with Crippen LogP contribution in [0.5, 0.6) is 5.75 Å². The minimum atomic E-state index is -3.77. The third kappa shape index (κ3) is 4.26. The summed E-state index contributed by atoms with van der Waals surface area (Å²) in [6.45, 7) is 0.379. The standard InChI is InChI=1S/C21H20ClN3O4S/c22-18-12-23-11-15-5-4-8-19(21(15)18)30(27,28)25-10-9-16(13-25)24-20(26)14-29-17-6-2-1-3-7-17/h1-8,11-12,16H,9-10,13-14H2,(H,24,26)/t16-/m0/s1. The van der Waals surface area contributed by atoms with Crippen LogP contribution in [0.25, 0.3) is 10.8 Å². The lowest BCUT2D eigenvalue weighted by Gasteiger charge is -2.19. The number of hydrogen-bond donors (Lipinski definition) is 1. The highest BCUT2D eigenvalue weighted by Gasteiger charge is 2.34. The summed E-state index contributed by atoms with van der Waals surface area (Å²) in [5.41, 5.74) is 0. The maximum absolute atomic E-state index is 13.3. The minimum absolute atomic E-state index is 0.126. The van der Waals surface area contributed by atoms with Crippen LogP contribution in [-0.2, 0) is 14.8 Å². The average molecular weight is 446 g/mol. The molecule has 1 aromatic heterocycles. The Kier molecular flexibility index (Phi) is 5.90. The maximum atomic E-state index is 13.3. The predicted molar refractivity (Wildman–Crippen MR) is 114 cm³/mol. The molecule has 9 heteroatoms. The van der Waals surface area contributed by atoms with E-state index in [-0.39, 0.29) is 35.0 Å². The van der Waals surface area contributed by atoms with Gasteiger partial charge in [0.2, 0.25) is 10.0 Å². The van der Waals surface area contributed by atoms with E-state index in [0.717, 1.165) is 0 Å². The summed E-state index contributed by atoms with van der Waals surface area (Å²) in [5, 5.41) is 4.25. The largest absolute Gasteiger partial charge is 0.484 e. The smallest absolute Gasteiger partial charge is 0.258 e. The van der Waals surface area contributed by atoms with Crippen LogP contribution >= 0.6 is 11.6 Å². The second-order valence-corrected chi connectivity index (χ2v) is 9.31. The van der Waals surface area contributed by atoms with Gasteiger partial charge in [-0.1, -0.05) is 41.9 Å². The second-order valence-electron chi connectivity index (χ2n) is 6.99. The van der Waals surface area contributed by atoms with E-state index in [1.54, 1.807) is 36.5 Å². The first-order chi connectivity index (χ1) is 14.4. The number of ether oxygens (including phenoxy) is 1. The van der Waals surface area contributed by atoms with Crippen molar-refractivity contribution in [2.75, 3.05) is 19.7 Å². The number of rotatable bonds is 6. The Morgan fingerprint density at radius 2 is 1.97 bits per heavy atom. The van der Waals surface area contributed by atoms with Gasteiger partial charge in [0.05, 0.1) is 9.92 Å². The van der Waals surface area contributed by atoms with Crippen molar-refractivity contribution in [3.05, 3.63) is 65.9 Å². The van der Waals surface area contributed by atoms with Crippen LogP contribution in [0, 0.1) is 0 Å². The van der Waals surface area contributed by atoms with Gasteiger partial charge < -0.3 is 10.1 Å². The number of carbonyl (C=O) groups is 1. The van der Waals surface area contributed by atoms with Gasteiger partial charge in [-0.05, 0) is 24.6 Å². The van der Waals surface area contributed by atoms with Crippen molar-refractivity contribution >= 4 is 38.3 Å². The Balaban J connectivity index is 1.43. The number of nitrogens with zero attached hydrogens (tertiary/aromatic N) is 2. The molecule has 2 aromatic carbocycles. The number of hydrogen-bond acceptors (Lipinski definition) is 5. The number of halogens is 1. The number of amides is 1. The van der Waals surface area contributed by atoms with Crippen molar-refractivity contribution in [2.45, 2.75) is 17.4 Å². The molecule has 1 N–H and O–H groups in total. The highest BCUT2D eigenvalue weighted by molar-refractivity contribution is 7.89. The van der Waals surface area contributed by atoms with Gasteiger partial charge in [-0.15, -0.1) is 0 Å². The molecule has 156 valence electrons. The molecule has 1 fully saturated rings. The molecule has 1 aliphatic rings. The number of fused-ring (bicyclic) bond motifs is 1. The SMILES string of the molecule is O=C(COc1ccccc1)N[C@H]1CCN(S(=O)(=O)c2cccc3cncc(Cl)c23)C1. The molecule has 2 heterocycles. The zero-order chi connectivity index (χ0) is 21.1. The number of para-hydroxylation sites is 1. The van der Waals surface area contributed by atoms with Crippen LogP contribution < -0.4 is 10.1 Å². The van der Waals surface area contributed by atoms with Crippen LogP contribution in [0.1, 0.15) is 6.42 Å². The molecule has 0 radical (unpaired) electrons. The zero-order valence-electron chi connectivity index (χ0n) is 16.0. The van der Waals surface area contributed by atoms with E-state index in [9.17, 15) is 13.2 Å². The van der Waals surface area contributed by atoms with Gasteiger partial charge in [-0.25, -0.2) is 8.42 Å². The third-order valence-corrected chi connectivity index (χ3v) is 7.14. The molecule has 7 nitrogen and oxygen atoms in total. The van der Waals surface area contributed by atoms with Crippen LogP contribution in [0.15, 0.2) is 65.8 Å². The minimum Gasteiger partial charge on any atom is -0.484 e. The fraction of sp³-hybridized carbons (Fsp3) is 0.238. The summed E-state index contributed by atoms with van der Waals surface area (Å²) in [6.07, 6.45) is 3.54. The average Bonchev–Trinajstić information content (AvgIpc) is 3.22. The first-order valence-electron chi connectivity index (χ1n) is 9.45. The first-order valence-corrected chi connectivity index (χ1v) is 11.3. The molecule has 4 rings (SSSR count). The van der Waals surface area contributed by atoms with Crippen LogP contribution in [0.4, 0.5) is 0 Å². The molecule has 0 saturated carbocycles. The summed E-state index contributed by atoms with van der Waals surface area (Å²) >= 11 is 6.24. The summed E-state index contributed by atoms with van der Waals surface area (Å²) < 4.78 is 33.3. The van der Waals surface area contributed by atoms with E-state index >= 15 is 0 Å². The lowest BCUT2D eigenvalue weighted by atomic mass is 10.2. The van der Waals surface area contributed by atoms with Crippen molar-refractivity contribution in [3.63, 3.8) is 0 Å². The van der Waals surface area contributed by atoms with Gasteiger partial charge in [0, 0.05) is 42.3 Å². The fourth-order valence-corrected chi connectivity index (χ4v) is 5.57. The summed E-state index contributed by atoms with van der Waals surface area (Å²) in [7, 11) is -3.77. The fourth-order valence-electron chi connectivity index (χ4n) is 3.51. The molecule has 0 bridgehead atoms. The number of benzene rings is 2.